The molecule has 4 nitrogen and oxygen atoms in total. The highest BCUT2D eigenvalue weighted by Crippen LogP contribution is 2.21. The molecule has 1 aromatic carbocycles. The quantitative estimate of drug-likeness (QED) is 0.781. The van der Waals surface area contributed by atoms with Crippen LogP contribution in [0.3, 0.4) is 0 Å². The molecule has 2 rings (SSSR count). The average Bonchev–Trinajstić information content (AvgIpc) is 2.54. The van der Waals surface area contributed by atoms with Crippen molar-refractivity contribution in [1.29, 1.82) is 5.26 Å². The molecule has 1 heterocycles. The predicted molar refractivity (Wildman–Crippen MR) is 81.9 cm³/mol. The van der Waals surface area contributed by atoms with Gasteiger partial charge in [-0.1, -0.05) is 12.1 Å². The number of carbonyl (C=O) groups is 1. The zero-order valence-electron chi connectivity index (χ0n) is 12.5. The Morgan fingerprint density at radius 2 is 1.95 bits per heavy atom. The fourth-order valence-corrected chi connectivity index (χ4v) is 2.66. The molecule has 0 spiro atoms. The highest BCUT2D eigenvalue weighted by Gasteiger charge is 2.19. The van der Waals surface area contributed by atoms with Crippen molar-refractivity contribution in [1.82, 2.24) is 0 Å². The SMILES string of the molecule is CCOC(=O)C(C#N)Cc1ccc(N2CCCCC2)cc1. The summed E-state index contributed by atoms with van der Waals surface area (Å²) in [6, 6.07) is 10.2. The summed E-state index contributed by atoms with van der Waals surface area (Å²) < 4.78 is 4.92. The highest BCUT2D eigenvalue weighted by atomic mass is 16.5. The Morgan fingerprint density at radius 3 is 2.52 bits per heavy atom. The van der Waals surface area contributed by atoms with Crippen molar-refractivity contribution < 1.29 is 9.53 Å². The molecule has 112 valence electrons. The van der Waals surface area contributed by atoms with Crippen LogP contribution in [0.2, 0.25) is 0 Å². The van der Waals surface area contributed by atoms with Crippen LogP contribution in [-0.4, -0.2) is 25.7 Å². The second-order valence-electron chi connectivity index (χ2n) is 5.35. The molecule has 0 radical (unpaired) electrons. The van der Waals surface area contributed by atoms with Crippen LogP contribution in [-0.2, 0) is 16.0 Å². The lowest BCUT2D eigenvalue weighted by atomic mass is 10.00. The highest BCUT2D eigenvalue weighted by molar-refractivity contribution is 5.75. The number of nitrogens with zero attached hydrogens (tertiary/aromatic N) is 2. The van der Waals surface area contributed by atoms with Gasteiger partial charge in [-0.3, -0.25) is 4.79 Å². The van der Waals surface area contributed by atoms with E-state index in [0.29, 0.717) is 13.0 Å². The minimum Gasteiger partial charge on any atom is -0.465 e. The molecule has 1 atom stereocenters. The number of piperidine rings is 1. The van der Waals surface area contributed by atoms with Gasteiger partial charge in [0, 0.05) is 18.8 Å². The number of hydrogen-bond donors (Lipinski definition) is 0. The van der Waals surface area contributed by atoms with E-state index in [1.807, 2.05) is 18.2 Å². The second kappa shape index (κ2) is 7.68. The maximum Gasteiger partial charge on any atom is 0.323 e. The summed E-state index contributed by atoms with van der Waals surface area (Å²) in [6.45, 7) is 4.29. The first-order valence-corrected chi connectivity index (χ1v) is 7.64. The summed E-state index contributed by atoms with van der Waals surface area (Å²) in [6.07, 6.45) is 4.23. The van der Waals surface area contributed by atoms with Crippen molar-refractivity contribution in [2.75, 3.05) is 24.6 Å². The summed E-state index contributed by atoms with van der Waals surface area (Å²) in [4.78, 5) is 14.0. The van der Waals surface area contributed by atoms with E-state index in [0.717, 1.165) is 18.7 Å². The van der Waals surface area contributed by atoms with Crippen molar-refractivity contribution in [3.05, 3.63) is 29.8 Å². The Kier molecular flexibility index (Phi) is 5.62. The maximum absolute atomic E-state index is 11.6. The lowest BCUT2D eigenvalue weighted by Crippen LogP contribution is -2.29. The third-order valence-corrected chi connectivity index (χ3v) is 3.82. The zero-order chi connectivity index (χ0) is 15.1. The number of ether oxygens (including phenoxy) is 1. The first-order chi connectivity index (χ1) is 10.2. The molecule has 0 bridgehead atoms. The fourth-order valence-electron chi connectivity index (χ4n) is 2.66. The van der Waals surface area contributed by atoms with Gasteiger partial charge in [0.15, 0.2) is 0 Å². The minimum atomic E-state index is -0.717. The van der Waals surface area contributed by atoms with E-state index in [1.54, 1.807) is 6.92 Å². The molecule has 1 fully saturated rings. The van der Waals surface area contributed by atoms with Gasteiger partial charge in [-0.05, 0) is 50.3 Å². The Hall–Kier alpha value is -2.02. The normalized spacial score (nSPS) is 16.1. The Balaban J connectivity index is 1.98. The monoisotopic (exact) mass is 286 g/mol. The van der Waals surface area contributed by atoms with Crippen molar-refractivity contribution in [3.63, 3.8) is 0 Å². The number of anilines is 1. The van der Waals surface area contributed by atoms with E-state index < -0.39 is 11.9 Å². The van der Waals surface area contributed by atoms with E-state index in [9.17, 15) is 4.79 Å². The van der Waals surface area contributed by atoms with Gasteiger partial charge in [0.05, 0.1) is 12.7 Å². The number of hydrogen-bond acceptors (Lipinski definition) is 4. The largest absolute Gasteiger partial charge is 0.465 e. The number of benzene rings is 1. The minimum absolute atomic E-state index is 0.310. The van der Waals surface area contributed by atoms with Gasteiger partial charge in [0.2, 0.25) is 0 Å². The lowest BCUT2D eigenvalue weighted by Gasteiger charge is -2.28. The van der Waals surface area contributed by atoms with Crippen molar-refractivity contribution >= 4 is 11.7 Å². The van der Waals surface area contributed by atoms with Crippen LogP contribution in [0, 0.1) is 17.2 Å². The first-order valence-electron chi connectivity index (χ1n) is 7.64. The van der Waals surface area contributed by atoms with Crippen LogP contribution in [0.4, 0.5) is 5.69 Å². The Morgan fingerprint density at radius 1 is 1.29 bits per heavy atom. The standard InChI is InChI=1S/C17H22N2O2/c1-2-21-17(20)15(13-18)12-14-6-8-16(9-7-14)19-10-4-3-5-11-19/h6-9,15H,2-5,10-12H2,1H3. The van der Waals surface area contributed by atoms with Crippen molar-refractivity contribution in [3.8, 4) is 6.07 Å². The third-order valence-electron chi connectivity index (χ3n) is 3.82. The van der Waals surface area contributed by atoms with Crippen LogP contribution in [0.15, 0.2) is 24.3 Å². The van der Waals surface area contributed by atoms with Crippen LogP contribution in [0.25, 0.3) is 0 Å². The van der Waals surface area contributed by atoms with E-state index in [-0.39, 0.29) is 0 Å². The molecule has 0 aliphatic carbocycles. The van der Waals surface area contributed by atoms with Crippen molar-refractivity contribution in [2.45, 2.75) is 32.6 Å². The molecule has 1 aliphatic rings. The zero-order valence-corrected chi connectivity index (χ0v) is 12.5. The van der Waals surface area contributed by atoms with Gasteiger partial charge >= 0.3 is 5.97 Å². The van der Waals surface area contributed by atoms with E-state index in [2.05, 4.69) is 17.0 Å². The Labute approximate surface area is 126 Å². The van der Waals surface area contributed by atoms with Crippen LogP contribution in [0.1, 0.15) is 31.7 Å². The number of carbonyl (C=O) groups excluding carboxylic acids is 1. The molecule has 0 amide bonds. The van der Waals surface area contributed by atoms with Gasteiger partial charge in [-0.2, -0.15) is 5.26 Å². The third kappa shape index (κ3) is 4.22. The lowest BCUT2D eigenvalue weighted by molar-refractivity contribution is -0.145. The predicted octanol–water partition coefficient (Wildman–Crippen LogP) is 2.92. The Bertz CT molecular complexity index is 499. The summed E-state index contributed by atoms with van der Waals surface area (Å²) in [5.41, 5.74) is 2.22. The summed E-state index contributed by atoms with van der Waals surface area (Å²) >= 11 is 0. The molecule has 1 unspecified atom stereocenters. The molecule has 21 heavy (non-hydrogen) atoms. The topological polar surface area (TPSA) is 53.3 Å². The molecular formula is C17H22N2O2. The molecule has 1 aromatic rings. The smallest absolute Gasteiger partial charge is 0.323 e. The van der Waals surface area contributed by atoms with Crippen LogP contribution in [0.5, 0.6) is 0 Å². The average molecular weight is 286 g/mol. The van der Waals surface area contributed by atoms with Gasteiger partial charge in [0.1, 0.15) is 5.92 Å². The van der Waals surface area contributed by atoms with E-state index in [1.165, 1.54) is 24.9 Å². The molecule has 4 heteroatoms. The molecule has 0 N–H and O–H groups in total. The van der Waals surface area contributed by atoms with E-state index in [4.69, 9.17) is 10.00 Å². The van der Waals surface area contributed by atoms with Gasteiger partial charge in [-0.15, -0.1) is 0 Å². The van der Waals surface area contributed by atoms with Gasteiger partial charge in [-0.25, -0.2) is 0 Å². The molecule has 0 aromatic heterocycles. The summed E-state index contributed by atoms with van der Waals surface area (Å²) in [5, 5.41) is 9.08. The molecule has 1 saturated heterocycles. The number of rotatable bonds is 5. The number of nitriles is 1. The van der Waals surface area contributed by atoms with Gasteiger partial charge < -0.3 is 9.64 Å². The maximum atomic E-state index is 11.6. The molecule has 1 aliphatic heterocycles. The molecule has 0 saturated carbocycles. The van der Waals surface area contributed by atoms with Crippen LogP contribution >= 0.6 is 0 Å². The van der Waals surface area contributed by atoms with Gasteiger partial charge in [0.25, 0.3) is 0 Å². The molecular weight excluding hydrogens is 264 g/mol. The first kappa shape index (κ1) is 15.4. The number of esters is 1. The summed E-state index contributed by atoms with van der Waals surface area (Å²) in [5.74, 6) is -1.15. The summed E-state index contributed by atoms with van der Waals surface area (Å²) in [7, 11) is 0. The van der Waals surface area contributed by atoms with E-state index >= 15 is 0 Å². The second-order valence-corrected chi connectivity index (χ2v) is 5.35. The fraction of sp³-hybridized carbons (Fsp3) is 0.529. The van der Waals surface area contributed by atoms with Crippen LogP contribution < -0.4 is 4.90 Å². The van der Waals surface area contributed by atoms with Crippen molar-refractivity contribution in [2.24, 2.45) is 5.92 Å².